The van der Waals surface area contributed by atoms with Gasteiger partial charge in [-0.2, -0.15) is 0 Å². The fraction of sp³-hybridized carbons (Fsp3) is 0.250. The highest BCUT2D eigenvalue weighted by Gasteiger charge is 2.11. The quantitative estimate of drug-likeness (QED) is 0.543. The van der Waals surface area contributed by atoms with Gasteiger partial charge in [0.25, 0.3) is 0 Å². The molecule has 0 unspecified atom stereocenters. The van der Waals surface area contributed by atoms with Crippen molar-refractivity contribution in [3.63, 3.8) is 0 Å². The average molecular weight is 191 g/mol. The van der Waals surface area contributed by atoms with Gasteiger partial charge in [-0.1, -0.05) is 12.1 Å². The van der Waals surface area contributed by atoms with E-state index in [2.05, 4.69) is 12.5 Å². The molecule has 1 N–H and O–H groups in total. The van der Waals surface area contributed by atoms with Crippen molar-refractivity contribution in [3.05, 3.63) is 24.3 Å². The summed E-state index contributed by atoms with van der Waals surface area (Å²) in [5.41, 5.74) is 0. The lowest BCUT2D eigenvalue weighted by molar-refractivity contribution is -0.00000329. The van der Waals surface area contributed by atoms with Crippen LogP contribution in [0.2, 0.25) is 0 Å². The van der Waals surface area contributed by atoms with Gasteiger partial charge in [-0.15, -0.1) is 0 Å². The van der Waals surface area contributed by atoms with Crippen LogP contribution in [-0.2, 0) is 10.9 Å². The van der Waals surface area contributed by atoms with Gasteiger partial charge in [0.15, 0.2) is 10.6 Å². The molecule has 11 heavy (non-hydrogen) atoms. The van der Waals surface area contributed by atoms with Gasteiger partial charge in [0.2, 0.25) is 0 Å². The molecule has 1 aromatic rings. The van der Waals surface area contributed by atoms with Crippen LogP contribution >= 0.6 is 0 Å². The monoisotopic (exact) mass is 190 g/mol. The molecule has 0 spiro atoms. The highest BCUT2D eigenvalue weighted by molar-refractivity contribution is 7.95. The topological polar surface area (TPSA) is 20.2 Å². The third-order valence-corrected chi connectivity index (χ3v) is 2.53. The first kappa shape index (κ1) is 10.7. The largest absolute Gasteiger partial charge is 1.00 e. The molecule has 0 amide bonds. The molecule has 0 aromatic heterocycles. The van der Waals surface area contributed by atoms with Gasteiger partial charge >= 0.3 is 0 Å². The number of phenols is 1. The third kappa shape index (κ3) is 2.64. The van der Waals surface area contributed by atoms with Crippen LogP contribution in [-0.4, -0.2) is 17.6 Å². The van der Waals surface area contributed by atoms with Crippen LogP contribution in [0.3, 0.4) is 0 Å². The summed E-state index contributed by atoms with van der Waals surface area (Å²) < 4.78 is 0. The first-order valence-electron chi connectivity index (χ1n) is 3.07. The van der Waals surface area contributed by atoms with E-state index in [1.165, 1.54) is 0 Å². The summed E-state index contributed by atoms with van der Waals surface area (Å²) in [5, 5.41) is 9.29. The number of rotatable bonds is 1. The van der Waals surface area contributed by atoms with Gasteiger partial charge in [0.1, 0.15) is 12.5 Å². The summed E-state index contributed by atoms with van der Waals surface area (Å²) in [5.74, 6) is 0.413. The van der Waals surface area contributed by atoms with Crippen molar-refractivity contribution in [2.24, 2.45) is 0 Å². The summed E-state index contributed by atoms with van der Waals surface area (Å²) in [6.07, 6.45) is 4.18. The summed E-state index contributed by atoms with van der Waals surface area (Å²) >= 11 is 0. The zero-order valence-electron chi connectivity index (χ0n) is 6.54. The van der Waals surface area contributed by atoms with Crippen molar-refractivity contribution >= 4 is 10.9 Å². The minimum atomic E-state index is 0. The van der Waals surface area contributed by atoms with E-state index < -0.39 is 0 Å². The lowest BCUT2D eigenvalue weighted by Crippen LogP contribution is -3.00. The molecule has 1 rings (SSSR count). The molecule has 0 saturated heterocycles. The van der Waals surface area contributed by atoms with Crippen LogP contribution in [0.5, 0.6) is 5.75 Å². The molecule has 1 nitrogen and oxygen atoms in total. The second-order valence-electron chi connectivity index (χ2n) is 2.28. The van der Waals surface area contributed by atoms with E-state index in [9.17, 15) is 5.11 Å². The lowest BCUT2D eigenvalue weighted by Gasteiger charge is -1.97. The molecule has 62 valence electrons. The first-order valence-corrected chi connectivity index (χ1v) is 5.11. The minimum absolute atomic E-state index is 0. The second-order valence-corrected chi connectivity index (χ2v) is 4.36. The molecule has 0 aliphatic rings. The van der Waals surface area contributed by atoms with E-state index in [-0.39, 0.29) is 23.3 Å². The Morgan fingerprint density at radius 3 is 2.09 bits per heavy atom. The molecule has 0 atom stereocenters. The number of aromatic hydroxyl groups is 1. The highest BCUT2D eigenvalue weighted by Crippen LogP contribution is 2.20. The molecule has 0 heterocycles. The zero-order valence-corrected chi connectivity index (χ0v) is 8.12. The molecule has 3 heteroatoms. The van der Waals surface area contributed by atoms with Gasteiger partial charge < -0.3 is 17.5 Å². The molecule has 0 saturated carbocycles. The van der Waals surface area contributed by atoms with Crippen LogP contribution in [0.4, 0.5) is 0 Å². The number of benzene rings is 1. The van der Waals surface area contributed by atoms with Crippen molar-refractivity contribution in [3.8, 4) is 5.75 Å². The second kappa shape index (κ2) is 4.52. The number of halogens is 1. The van der Waals surface area contributed by atoms with Gasteiger partial charge in [0, 0.05) is 10.9 Å². The highest BCUT2D eigenvalue weighted by atomic mass is 35.5. The minimum Gasteiger partial charge on any atom is -1.00 e. The Balaban J connectivity index is 0.000001000. The molecule has 0 aliphatic heterocycles. The summed E-state index contributed by atoms with van der Waals surface area (Å²) in [4.78, 5) is 1.04. The Morgan fingerprint density at radius 2 is 1.73 bits per heavy atom. The van der Waals surface area contributed by atoms with E-state index in [0.717, 1.165) is 4.90 Å². The van der Waals surface area contributed by atoms with Crippen molar-refractivity contribution in [1.29, 1.82) is 0 Å². The van der Waals surface area contributed by atoms with Crippen molar-refractivity contribution in [2.45, 2.75) is 4.90 Å². The Morgan fingerprint density at radius 1 is 1.18 bits per heavy atom. The van der Waals surface area contributed by atoms with Gasteiger partial charge in [0.05, 0.1) is 0 Å². The smallest absolute Gasteiger partial charge is 0.196 e. The molecular weight excluding hydrogens is 180 g/mol. The Labute approximate surface area is 76.2 Å². The summed E-state index contributed by atoms with van der Waals surface area (Å²) in [6.45, 7) is 0. The predicted octanol–water partition coefficient (Wildman–Crippen LogP) is -1.37. The average Bonchev–Trinajstić information content (AvgIpc) is 1.88. The van der Waals surface area contributed by atoms with Crippen molar-refractivity contribution < 1.29 is 17.5 Å². The van der Waals surface area contributed by atoms with E-state index in [1.807, 2.05) is 18.2 Å². The fourth-order valence-electron chi connectivity index (χ4n) is 0.802. The number of para-hydroxylation sites is 1. The van der Waals surface area contributed by atoms with Crippen molar-refractivity contribution in [1.82, 2.24) is 0 Å². The molecule has 0 radical (unpaired) electrons. The van der Waals surface area contributed by atoms with E-state index in [0.29, 0.717) is 5.75 Å². The Bertz CT molecular complexity index is 225. The zero-order chi connectivity index (χ0) is 7.56. The van der Waals surface area contributed by atoms with E-state index in [4.69, 9.17) is 0 Å². The third-order valence-electron chi connectivity index (χ3n) is 1.31. The summed E-state index contributed by atoms with van der Waals surface area (Å²) in [6, 6.07) is 7.47. The fourth-order valence-corrected chi connectivity index (χ4v) is 1.64. The SMILES string of the molecule is C[S+](C)c1ccccc1O.[Cl-]. The number of hydrogen-bond acceptors (Lipinski definition) is 1. The standard InChI is InChI=1S/C8H10OS.ClH/c1-10(2)8-6-4-3-5-7(8)9;/h3-6H,1-2H3;1H. The first-order chi connectivity index (χ1) is 4.72. The Kier molecular flexibility index (Phi) is 4.38. The van der Waals surface area contributed by atoms with E-state index in [1.54, 1.807) is 6.07 Å². The number of phenolic OH excluding ortho intramolecular Hbond substituents is 1. The van der Waals surface area contributed by atoms with Crippen molar-refractivity contribution in [2.75, 3.05) is 12.5 Å². The maximum atomic E-state index is 9.29. The maximum absolute atomic E-state index is 9.29. The molecular formula is C8H11ClOS. The predicted molar refractivity (Wildman–Crippen MR) is 45.6 cm³/mol. The lowest BCUT2D eigenvalue weighted by atomic mass is 10.3. The van der Waals surface area contributed by atoms with E-state index >= 15 is 0 Å². The van der Waals surface area contributed by atoms with Crippen LogP contribution in [0.1, 0.15) is 0 Å². The summed E-state index contributed by atoms with van der Waals surface area (Å²) in [7, 11) is 0.159. The molecule has 0 aliphatic carbocycles. The van der Waals surface area contributed by atoms with Crippen LogP contribution in [0, 0.1) is 0 Å². The van der Waals surface area contributed by atoms with Gasteiger partial charge in [-0.3, -0.25) is 0 Å². The molecule has 0 bridgehead atoms. The molecule has 1 aromatic carbocycles. The number of hydrogen-bond donors (Lipinski definition) is 1. The van der Waals surface area contributed by atoms with Crippen LogP contribution < -0.4 is 12.4 Å². The van der Waals surface area contributed by atoms with Crippen LogP contribution in [0.15, 0.2) is 29.2 Å². The normalized spacial score (nSPS) is 9.36. The van der Waals surface area contributed by atoms with Gasteiger partial charge in [-0.05, 0) is 12.1 Å². The molecule has 0 fully saturated rings. The Hall–Kier alpha value is -0.340. The maximum Gasteiger partial charge on any atom is 0.196 e. The van der Waals surface area contributed by atoms with Crippen LogP contribution in [0.25, 0.3) is 0 Å². The van der Waals surface area contributed by atoms with Gasteiger partial charge in [-0.25, -0.2) is 0 Å².